The maximum atomic E-state index is 12.5. The van der Waals surface area contributed by atoms with Crippen molar-refractivity contribution in [1.82, 2.24) is 9.97 Å². The first-order valence-corrected chi connectivity index (χ1v) is 9.77. The van der Waals surface area contributed by atoms with Crippen LogP contribution in [-0.2, 0) is 0 Å². The van der Waals surface area contributed by atoms with Crippen LogP contribution in [0.1, 0.15) is 10.4 Å². The maximum absolute atomic E-state index is 12.5. The Morgan fingerprint density at radius 2 is 1.68 bits per heavy atom. The highest BCUT2D eigenvalue weighted by Crippen LogP contribution is 2.32. The van der Waals surface area contributed by atoms with Gasteiger partial charge in [0.25, 0.3) is 5.91 Å². The molecule has 1 heterocycles. The summed E-state index contributed by atoms with van der Waals surface area (Å²) in [6.45, 7) is 0. The standard InChI is InChI=1S/C23H19ClN4O3/c1-30-20-10-14-13-25-23(28-19(14)12-21(20)31-2)27-16-8-9-17(18(24)11-16)22(29)26-15-6-4-3-5-7-15/h3-13H,1-2H3,(H,26,29)(H,25,27,28). The van der Waals surface area contributed by atoms with Gasteiger partial charge in [0.05, 0.1) is 30.3 Å². The lowest BCUT2D eigenvalue weighted by molar-refractivity contribution is 0.102. The number of benzene rings is 3. The highest BCUT2D eigenvalue weighted by Gasteiger charge is 2.13. The van der Waals surface area contributed by atoms with Gasteiger partial charge < -0.3 is 20.1 Å². The zero-order valence-electron chi connectivity index (χ0n) is 16.8. The number of hydrogen-bond donors (Lipinski definition) is 2. The van der Waals surface area contributed by atoms with Crippen molar-refractivity contribution < 1.29 is 14.3 Å². The molecule has 0 aliphatic rings. The zero-order chi connectivity index (χ0) is 21.8. The number of rotatable bonds is 6. The highest BCUT2D eigenvalue weighted by atomic mass is 35.5. The molecule has 7 nitrogen and oxygen atoms in total. The molecule has 0 fully saturated rings. The SMILES string of the molecule is COc1cc2cnc(Nc3ccc(C(=O)Nc4ccccc4)c(Cl)c3)nc2cc1OC. The quantitative estimate of drug-likeness (QED) is 0.428. The predicted molar refractivity (Wildman–Crippen MR) is 122 cm³/mol. The number of methoxy groups -OCH3 is 2. The van der Waals surface area contributed by atoms with Crippen LogP contribution in [0.4, 0.5) is 17.3 Å². The van der Waals surface area contributed by atoms with Crippen LogP contribution in [-0.4, -0.2) is 30.1 Å². The van der Waals surface area contributed by atoms with E-state index in [1.54, 1.807) is 44.7 Å². The molecule has 1 aromatic heterocycles. The van der Waals surface area contributed by atoms with Crippen molar-refractivity contribution in [1.29, 1.82) is 0 Å². The van der Waals surface area contributed by atoms with E-state index in [2.05, 4.69) is 20.6 Å². The molecule has 0 saturated heterocycles. The third kappa shape index (κ3) is 4.51. The third-order valence-electron chi connectivity index (χ3n) is 4.59. The van der Waals surface area contributed by atoms with E-state index in [4.69, 9.17) is 21.1 Å². The molecule has 0 radical (unpaired) electrons. The fraction of sp³-hybridized carbons (Fsp3) is 0.0870. The highest BCUT2D eigenvalue weighted by molar-refractivity contribution is 6.34. The summed E-state index contributed by atoms with van der Waals surface area (Å²) in [6, 6.07) is 17.8. The summed E-state index contributed by atoms with van der Waals surface area (Å²) in [4.78, 5) is 21.4. The van der Waals surface area contributed by atoms with E-state index in [-0.39, 0.29) is 5.91 Å². The van der Waals surface area contributed by atoms with Crippen LogP contribution in [0.15, 0.2) is 66.9 Å². The first-order valence-electron chi connectivity index (χ1n) is 9.39. The van der Waals surface area contributed by atoms with Crippen molar-refractivity contribution in [2.24, 2.45) is 0 Å². The third-order valence-corrected chi connectivity index (χ3v) is 4.90. The van der Waals surface area contributed by atoms with Gasteiger partial charge in [-0.15, -0.1) is 0 Å². The van der Waals surface area contributed by atoms with Crippen LogP contribution in [0.2, 0.25) is 5.02 Å². The van der Waals surface area contributed by atoms with Crippen LogP contribution in [0.5, 0.6) is 11.5 Å². The van der Waals surface area contributed by atoms with Gasteiger partial charge in [0.1, 0.15) is 0 Å². The number of anilines is 3. The monoisotopic (exact) mass is 434 g/mol. The van der Waals surface area contributed by atoms with Crippen LogP contribution < -0.4 is 20.1 Å². The Kier molecular flexibility index (Phi) is 5.86. The second-order valence-corrected chi connectivity index (χ2v) is 7.01. The van der Waals surface area contributed by atoms with E-state index in [1.165, 1.54) is 0 Å². The molecular formula is C23H19ClN4O3. The summed E-state index contributed by atoms with van der Waals surface area (Å²) in [5, 5.41) is 7.05. The summed E-state index contributed by atoms with van der Waals surface area (Å²) in [5.41, 5.74) is 2.41. The van der Waals surface area contributed by atoms with Gasteiger partial charge in [0.15, 0.2) is 11.5 Å². The van der Waals surface area contributed by atoms with Gasteiger partial charge in [0.2, 0.25) is 5.95 Å². The van der Waals surface area contributed by atoms with Gasteiger partial charge in [-0.05, 0) is 36.4 Å². The predicted octanol–water partition coefficient (Wildman–Crippen LogP) is 5.30. The topological polar surface area (TPSA) is 85.4 Å². The largest absolute Gasteiger partial charge is 0.493 e. The average Bonchev–Trinajstić information content (AvgIpc) is 2.78. The van der Waals surface area contributed by atoms with Crippen LogP contribution in [0.3, 0.4) is 0 Å². The summed E-state index contributed by atoms with van der Waals surface area (Å²) >= 11 is 6.35. The van der Waals surface area contributed by atoms with Gasteiger partial charge in [0, 0.05) is 29.0 Å². The maximum Gasteiger partial charge on any atom is 0.257 e. The van der Waals surface area contributed by atoms with E-state index in [1.807, 2.05) is 36.4 Å². The van der Waals surface area contributed by atoms with Gasteiger partial charge in [-0.3, -0.25) is 4.79 Å². The zero-order valence-corrected chi connectivity index (χ0v) is 17.6. The van der Waals surface area contributed by atoms with Crippen LogP contribution in [0.25, 0.3) is 10.9 Å². The smallest absolute Gasteiger partial charge is 0.257 e. The number of aromatic nitrogens is 2. The minimum atomic E-state index is -0.286. The second-order valence-electron chi connectivity index (χ2n) is 6.60. The first-order chi connectivity index (χ1) is 15.1. The number of nitrogens with one attached hydrogen (secondary N) is 2. The number of para-hydroxylation sites is 1. The van der Waals surface area contributed by atoms with Gasteiger partial charge >= 0.3 is 0 Å². The number of ether oxygens (including phenoxy) is 2. The van der Waals surface area contributed by atoms with E-state index >= 15 is 0 Å². The van der Waals surface area contributed by atoms with Crippen molar-refractivity contribution in [3.63, 3.8) is 0 Å². The molecule has 156 valence electrons. The molecular weight excluding hydrogens is 416 g/mol. The van der Waals surface area contributed by atoms with Gasteiger partial charge in [-0.1, -0.05) is 29.8 Å². The Bertz CT molecular complexity index is 1250. The molecule has 0 bridgehead atoms. The lowest BCUT2D eigenvalue weighted by Gasteiger charge is -2.11. The lowest BCUT2D eigenvalue weighted by atomic mass is 10.2. The Labute approximate surface area is 184 Å². The van der Waals surface area contributed by atoms with Crippen LogP contribution in [0, 0.1) is 0 Å². The number of amides is 1. The number of fused-ring (bicyclic) bond motifs is 1. The van der Waals surface area contributed by atoms with Crippen molar-refractivity contribution in [3.8, 4) is 11.5 Å². The van der Waals surface area contributed by atoms with Gasteiger partial charge in [-0.2, -0.15) is 0 Å². The molecule has 0 unspecified atom stereocenters. The Hall–Kier alpha value is -3.84. The molecule has 0 spiro atoms. The summed E-state index contributed by atoms with van der Waals surface area (Å²) in [7, 11) is 3.15. The minimum absolute atomic E-state index is 0.286. The molecule has 3 aromatic carbocycles. The molecule has 2 N–H and O–H groups in total. The molecule has 1 amide bonds. The molecule has 0 aliphatic heterocycles. The van der Waals surface area contributed by atoms with E-state index in [0.717, 1.165) is 5.39 Å². The van der Waals surface area contributed by atoms with E-state index < -0.39 is 0 Å². The molecule has 4 rings (SSSR count). The Balaban J connectivity index is 1.54. The molecule has 0 atom stereocenters. The second kappa shape index (κ2) is 8.89. The molecule has 0 aliphatic carbocycles. The summed E-state index contributed by atoms with van der Waals surface area (Å²) in [5.74, 6) is 1.29. The first kappa shape index (κ1) is 20.4. The molecule has 31 heavy (non-hydrogen) atoms. The van der Waals surface area contributed by atoms with Crippen molar-refractivity contribution in [2.45, 2.75) is 0 Å². The fourth-order valence-electron chi connectivity index (χ4n) is 3.04. The number of carbonyl (C=O) groups excluding carboxylic acids is 1. The summed E-state index contributed by atoms with van der Waals surface area (Å²) in [6.07, 6.45) is 1.69. The Morgan fingerprint density at radius 1 is 0.935 bits per heavy atom. The molecule has 4 aromatic rings. The minimum Gasteiger partial charge on any atom is -0.493 e. The van der Waals surface area contributed by atoms with Crippen molar-refractivity contribution in [3.05, 3.63) is 77.4 Å². The van der Waals surface area contributed by atoms with Crippen LogP contribution >= 0.6 is 11.6 Å². The average molecular weight is 435 g/mol. The van der Waals surface area contributed by atoms with Gasteiger partial charge in [-0.25, -0.2) is 9.97 Å². The van der Waals surface area contributed by atoms with Crippen molar-refractivity contribution in [2.75, 3.05) is 24.9 Å². The number of hydrogen-bond acceptors (Lipinski definition) is 6. The van der Waals surface area contributed by atoms with E-state index in [9.17, 15) is 4.79 Å². The fourth-order valence-corrected chi connectivity index (χ4v) is 3.31. The summed E-state index contributed by atoms with van der Waals surface area (Å²) < 4.78 is 10.6. The number of halogens is 1. The lowest BCUT2D eigenvalue weighted by Crippen LogP contribution is -2.12. The Morgan fingerprint density at radius 3 is 2.39 bits per heavy atom. The van der Waals surface area contributed by atoms with E-state index in [0.29, 0.717) is 44.9 Å². The number of nitrogens with zero attached hydrogens (tertiary/aromatic N) is 2. The molecule has 8 heteroatoms. The number of carbonyl (C=O) groups is 1. The normalized spacial score (nSPS) is 10.5. The molecule has 0 saturated carbocycles. The van der Waals surface area contributed by atoms with Crippen molar-refractivity contribution >= 4 is 45.7 Å².